The van der Waals surface area contributed by atoms with E-state index in [0.29, 0.717) is 16.7 Å². The predicted octanol–water partition coefficient (Wildman–Crippen LogP) is 1.21. The number of aromatic nitrogens is 3. The van der Waals surface area contributed by atoms with Crippen LogP contribution in [0.15, 0.2) is 47.4 Å². The molecule has 1 amide bonds. The number of aryl methyl sites for hydroxylation is 1. The minimum Gasteiger partial charge on any atom is -0.385 e. The zero-order valence-electron chi connectivity index (χ0n) is 13.6. The van der Waals surface area contributed by atoms with Crippen molar-refractivity contribution in [1.29, 1.82) is 0 Å². The molecular weight excluding hydrogens is 344 g/mol. The molecule has 3 rings (SSSR count). The van der Waals surface area contributed by atoms with E-state index < -0.39 is 9.84 Å². The van der Waals surface area contributed by atoms with Crippen molar-refractivity contribution in [2.75, 3.05) is 18.2 Å². The summed E-state index contributed by atoms with van der Waals surface area (Å²) in [5, 5.41) is 10.3. The van der Waals surface area contributed by atoms with Gasteiger partial charge < -0.3 is 10.2 Å². The average molecular weight is 360 g/mol. The van der Waals surface area contributed by atoms with E-state index in [1.165, 1.54) is 18.2 Å². The number of anilines is 1. The van der Waals surface area contributed by atoms with Crippen molar-refractivity contribution < 1.29 is 18.0 Å². The quantitative estimate of drug-likeness (QED) is 0.734. The summed E-state index contributed by atoms with van der Waals surface area (Å²) in [4.78, 5) is 18.4. The molecule has 0 aliphatic rings. The molecule has 0 unspecified atom stereocenters. The normalized spacial score (nSPS) is 11.4. The number of amides is 1. The average Bonchev–Trinajstić information content (AvgIpc) is 2.96. The van der Waals surface area contributed by atoms with Gasteiger partial charge in [-0.15, -0.1) is 5.10 Å². The second kappa shape index (κ2) is 6.52. The van der Waals surface area contributed by atoms with Crippen LogP contribution in [0.1, 0.15) is 5.56 Å². The van der Waals surface area contributed by atoms with Gasteiger partial charge in [-0.2, -0.15) is 0 Å². The van der Waals surface area contributed by atoms with Gasteiger partial charge in [-0.05, 0) is 42.5 Å². The first-order valence-electron chi connectivity index (χ1n) is 7.38. The van der Waals surface area contributed by atoms with Gasteiger partial charge in [0, 0.05) is 11.9 Å². The Morgan fingerprint density at radius 3 is 2.60 bits per heavy atom. The van der Waals surface area contributed by atoms with E-state index in [9.17, 15) is 13.2 Å². The maximum absolute atomic E-state index is 12.0. The minimum atomic E-state index is -3.37. The van der Waals surface area contributed by atoms with Gasteiger partial charge in [0.25, 0.3) is 5.91 Å². The number of hydrogen-bond acceptors (Lipinski definition) is 6. The largest absolute Gasteiger partial charge is 0.385 e. The van der Waals surface area contributed by atoms with E-state index in [1.54, 1.807) is 12.1 Å². The summed E-state index contributed by atoms with van der Waals surface area (Å²) in [5.74, 6) is -0.369. The Hall–Kier alpha value is -2.94. The number of carbonyl (C=O) groups is 1. The molecular formula is C16H16N4O4S. The fraction of sp³-hybridized carbons (Fsp3) is 0.188. The van der Waals surface area contributed by atoms with Gasteiger partial charge in [-0.25, -0.2) is 8.42 Å². The molecule has 0 spiro atoms. The molecule has 0 fully saturated rings. The van der Waals surface area contributed by atoms with Crippen molar-refractivity contribution in [2.45, 2.75) is 11.8 Å². The molecule has 1 heterocycles. The first kappa shape index (κ1) is 16.9. The highest BCUT2D eigenvalue weighted by Gasteiger charge is 2.13. The van der Waals surface area contributed by atoms with Crippen LogP contribution in [0.4, 0.5) is 5.69 Å². The predicted molar refractivity (Wildman–Crippen MR) is 91.9 cm³/mol. The van der Waals surface area contributed by atoms with Crippen molar-refractivity contribution in [3.8, 4) is 0 Å². The smallest absolute Gasteiger partial charge is 0.265 e. The van der Waals surface area contributed by atoms with Crippen molar-refractivity contribution in [3.05, 3.63) is 48.0 Å². The van der Waals surface area contributed by atoms with Crippen LogP contribution in [-0.4, -0.2) is 42.3 Å². The molecule has 1 aromatic heterocycles. The molecule has 0 bridgehead atoms. The highest BCUT2D eigenvalue weighted by molar-refractivity contribution is 7.90. The fourth-order valence-corrected chi connectivity index (χ4v) is 2.80. The van der Waals surface area contributed by atoms with Crippen molar-refractivity contribution >= 4 is 32.5 Å². The summed E-state index contributed by atoms with van der Waals surface area (Å²) >= 11 is 0. The van der Waals surface area contributed by atoms with Crippen LogP contribution in [0.5, 0.6) is 0 Å². The number of fused-ring (bicyclic) bond motifs is 1. The summed E-state index contributed by atoms with van der Waals surface area (Å²) in [6, 6.07) is 11.7. The van der Waals surface area contributed by atoms with E-state index in [0.717, 1.165) is 16.7 Å². The Morgan fingerprint density at radius 1 is 1.20 bits per heavy atom. The third-order valence-corrected chi connectivity index (χ3v) is 4.58. The Balaban J connectivity index is 1.72. The molecule has 0 radical (unpaired) electrons. The Morgan fingerprint density at radius 2 is 1.92 bits per heavy atom. The first-order chi connectivity index (χ1) is 11.8. The molecule has 0 saturated heterocycles. The summed E-state index contributed by atoms with van der Waals surface area (Å²) in [5.41, 5.74) is 2.57. The SMILES string of the molecule is Cc1ccc(NC(=O)COn2nnc3ccc(S(C)(=O)=O)cc32)cc1. The van der Waals surface area contributed by atoms with Gasteiger partial charge in [0.1, 0.15) is 11.0 Å². The number of rotatable bonds is 5. The molecule has 0 saturated carbocycles. The third kappa shape index (κ3) is 3.94. The van der Waals surface area contributed by atoms with Crippen LogP contribution in [0.25, 0.3) is 11.0 Å². The lowest BCUT2D eigenvalue weighted by molar-refractivity contribution is -0.121. The van der Waals surface area contributed by atoms with Crippen LogP contribution in [0.2, 0.25) is 0 Å². The highest BCUT2D eigenvalue weighted by atomic mass is 32.2. The minimum absolute atomic E-state index is 0.122. The van der Waals surface area contributed by atoms with Crippen molar-refractivity contribution in [3.63, 3.8) is 0 Å². The number of hydrogen-bond donors (Lipinski definition) is 1. The lowest BCUT2D eigenvalue weighted by Crippen LogP contribution is -2.26. The number of sulfone groups is 1. The summed E-state index contributed by atoms with van der Waals surface area (Å²) < 4.78 is 23.3. The Kier molecular flexibility index (Phi) is 4.41. The number of benzene rings is 2. The maximum Gasteiger partial charge on any atom is 0.265 e. The van der Waals surface area contributed by atoms with E-state index in [2.05, 4.69) is 15.6 Å². The first-order valence-corrected chi connectivity index (χ1v) is 9.27. The standard InChI is InChI=1S/C16H16N4O4S/c1-11-3-5-12(6-4-11)17-16(21)10-24-20-15-9-13(25(2,22)23)7-8-14(15)18-19-20/h3-9H,10H2,1-2H3,(H,17,21). The maximum atomic E-state index is 12.0. The second-order valence-corrected chi connectivity index (χ2v) is 7.59. The van der Waals surface area contributed by atoms with E-state index >= 15 is 0 Å². The molecule has 8 nitrogen and oxygen atoms in total. The summed E-state index contributed by atoms with van der Waals surface area (Å²) in [7, 11) is -3.37. The lowest BCUT2D eigenvalue weighted by atomic mass is 10.2. The number of nitrogens with one attached hydrogen (secondary N) is 1. The van der Waals surface area contributed by atoms with Crippen molar-refractivity contribution in [1.82, 2.24) is 15.2 Å². The monoisotopic (exact) mass is 360 g/mol. The molecule has 3 aromatic rings. The van der Waals surface area contributed by atoms with E-state index in [-0.39, 0.29) is 17.4 Å². The molecule has 25 heavy (non-hydrogen) atoms. The van der Waals surface area contributed by atoms with Gasteiger partial charge in [-0.3, -0.25) is 4.79 Å². The van der Waals surface area contributed by atoms with Crippen LogP contribution in [0.3, 0.4) is 0 Å². The summed E-state index contributed by atoms with van der Waals surface area (Å²) in [6.45, 7) is 1.66. The van der Waals surface area contributed by atoms with Crippen LogP contribution >= 0.6 is 0 Å². The van der Waals surface area contributed by atoms with Gasteiger partial charge in [0.2, 0.25) is 0 Å². The molecule has 0 aliphatic carbocycles. The zero-order chi connectivity index (χ0) is 18.0. The van der Waals surface area contributed by atoms with Gasteiger partial charge in [0.05, 0.1) is 4.90 Å². The van der Waals surface area contributed by atoms with Gasteiger partial charge in [0.15, 0.2) is 16.4 Å². The molecule has 130 valence electrons. The number of carbonyl (C=O) groups excluding carboxylic acids is 1. The fourth-order valence-electron chi connectivity index (χ4n) is 2.16. The Bertz CT molecular complexity index is 1030. The van der Waals surface area contributed by atoms with E-state index in [4.69, 9.17) is 4.84 Å². The number of nitrogens with zero attached hydrogens (tertiary/aromatic N) is 3. The van der Waals surface area contributed by atoms with Gasteiger partial charge in [-0.1, -0.05) is 22.5 Å². The molecule has 1 N–H and O–H groups in total. The molecule has 9 heteroatoms. The van der Waals surface area contributed by atoms with Crippen molar-refractivity contribution in [2.24, 2.45) is 0 Å². The second-order valence-electron chi connectivity index (χ2n) is 5.57. The van der Waals surface area contributed by atoms with Crippen LogP contribution in [0, 0.1) is 6.92 Å². The molecule has 0 atom stereocenters. The topological polar surface area (TPSA) is 103 Å². The molecule has 2 aromatic carbocycles. The highest BCUT2D eigenvalue weighted by Crippen LogP contribution is 2.16. The van der Waals surface area contributed by atoms with Crippen LogP contribution in [-0.2, 0) is 14.6 Å². The molecule has 0 aliphatic heterocycles. The van der Waals surface area contributed by atoms with E-state index in [1.807, 2.05) is 19.1 Å². The Labute approximate surface area is 144 Å². The third-order valence-electron chi connectivity index (χ3n) is 3.47. The van der Waals surface area contributed by atoms with Gasteiger partial charge >= 0.3 is 0 Å². The lowest BCUT2D eigenvalue weighted by Gasteiger charge is -2.07. The van der Waals surface area contributed by atoms with Crippen LogP contribution < -0.4 is 10.2 Å². The summed E-state index contributed by atoms with van der Waals surface area (Å²) in [6.07, 6.45) is 1.11. The zero-order valence-corrected chi connectivity index (χ0v) is 14.4.